The van der Waals surface area contributed by atoms with Crippen molar-refractivity contribution in [1.29, 1.82) is 0 Å². The summed E-state index contributed by atoms with van der Waals surface area (Å²) in [7, 11) is 0. The zero-order chi connectivity index (χ0) is 22.7. The van der Waals surface area contributed by atoms with Crippen LogP contribution in [0.5, 0.6) is 5.75 Å². The number of primary amides is 1. The van der Waals surface area contributed by atoms with Crippen molar-refractivity contribution in [2.24, 2.45) is 5.73 Å². The topological polar surface area (TPSA) is 125 Å². The summed E-state index contributed by atoms with van der Waals surface area (Å²) in [6.07, 6.45) is 0. The van der Waals surface area contributed by atoms with Crippen LogP contribution in [0.15, 0.2) is 65.2 Å². The molecule has 0 aliphatic carbocycles. The van der Waals surface area contributed by atoms with E-state index in [1.807, 2.05) is 43.3 Å². The average molecular weight is 431 g/mol. The molecule has 0 aliphatic heterocycles. The van der Waals surface area contributed by atoms with Crippen molar-refractivity contribution in [1.82, 2.24) is 14.9 Å². The van der Waals surface area contributed by atoms with Gasteiger partial charge in [0.2, 0.25) is 5.88 Å². The molecule has 0 saturated heterocycles. The van der Waals surface area contributed by atoms with Gasteiger partial charge in [0, 0.05) is 5.56 Å². The van der Waals surface area contributed by atoms with Gasteiger partial charge in [0.05, 0.1) is 17.1 Å². The number of carbonyl (C=O) groups is 2. The number of anilines is 1. The minimum Gasteiger partial charge on any atom is -0.484 e. The molecule has 2 aromatic carbocycles. The molecule has 0 fully saturated rings. The van der Waals surface area contributed by atoms with E-state index in [2.05, 4.69) is 15.6 Å². The number of nitrogens with one attached hydrogen (secondary N) is 1. The SMILES string of the molecule is Cc1nn(-c2ccccc2)c(C)c1-c1noc(NC(=O)COc2ccccc2)c1C(N)=O. The highest BCUT2D eigenvalue weighted by Crippen LogP contribution is 2.33. The third-order valence-corrected chi connectivity index (χ3v) is 4.83. The van der Waals surface area contributed by atoms with Crippen LogP contribution in [0, 0.1) is 13.8 Å². The predicted octanol–water partition coefficient (Wildman–Crippen LogP) is 3.26. The minimum absolute atomic E-state index is 0.0307. The van der Waals surface area contributed by atoms with Gasteiger partial charge < -0.3 is 15.0 Å². The van der Waals surface area contributed by atoms with Gasteiger partial charge in [-0.15, -0.1) is 0 Å². The summed E-state index contributed by atoms with van der Waals surface area (Å²) >= 11 is 0. The number of aromatic nitrogens is 3. The number of nitrogens with two attached hydrogens (primary N) is 1. The number of ether oxygens (including phenoxy) is 1. The van der Waals surface area contributed by atoms with Crippen LogP contribution in [0.3, 0.4) is 0 Å². The van der Waals surface area contributed by atoms with Gasteiger partial charge >= 0.3 is 0 Å². The van der Waals surface area contributed by atoms with E-state index in [9.17, 15) is 9.59 Å². The van der Waals surface area contributed by atoms with Crippen molar-refractivity contribution < 1.29 is 18.8 Å². The Bertz CT molecular complexity index is 1260. The van der Waals surface area contributed by atoms with Gasteiger partial charge in [-0.2, -0.15) is 5.10 Å². The number of benzene rings is 2. The van der Waals surface area contributed by atoms with Crippen molar-refractivity contribution in [3.8, 4) is 22.7 Å². The Morgan fingerprint density at radius 2 is 1.72 bits per heavy atom. The van der Waals surface area contributed by atoms with Gasteiger partial charge in [0.15, 0.2) is 6.61 Å². The third-order valence-electron chi connectivity index (χ3n) is 4.83. The second-order valence-corrected chi connectivity index (χ2v) is 7.04. The molecule has 0 unspecified atom stereocenters. The van der Waals surface area contributed by atoms with Crippen LogP contribution in [-0.2, 0) is 4.79 Å². The number of hydrogen-bond acceptors (Lipinski definition) is 6. The van der Waals surface area contributed by atoms with Crippen LogP contribution in [-0.4, -0.2) is 33.4 Å². The molecule has 0 atom stereocenters. The minimum atomic E-state index is -0.785. The number of nitrogens with zero attached hydrogens (tertiary/aromatic N) is 3. The van der Waals surface area contributed by atoms with E-state index in [0.717, 1.165) is 11.4 Å². The highest BCUT2D eigenvalue weighted by atomic mass is 16.5. The molecule has 2 amide bonds. The Labute approximate surface area is 183 Å². The van der Waals surface area contributed by atoms with E-state index in [1.54, 1.807) is 35.9 Å². The van der Waals surface area contributed by atoms with Crippen molar-refractivity contribution in [2.75, 3.05) is 11.9 Å². The third kappa shape index (κ3) is 4.08. The zero-order valence-electron chi connectivity index (χ0n) is 17.5. The van der Waals surface area contributed by atoms with Gasteiger partial charge in [-0.05, 0) is 38.1 Å². The Kier molecular flexibility index (Phi) is 5.71. The van der Waals surface area contributed by atoms with Gasteiger partial charge in [-0.25, -0.2) is 4.68 Å². The maximum Gasteiger partial charge on any atom is 0.264 e. The summed E-state index contributed by atoms with van der Waals surface area (Å²) in [6, 6.07) is 18.4. The van der Waals surface area contributed by atoms with E-state index in [1.165, 1.54) is 0 Å². The molecule has 0 aliphatic rings. The van der Waals surface area contributed by atoms with E-state index in [0.29, 0.717) is 17.0 Å². The second-order valence-electron chi connectivity index (χ2n) is 7.04. The quantitative estimate of drug-likeness (QED) is 0.463. The first-order valence-corrected chi connectivity index (χ1v) is 9.85. The number of aryl methyl sites for hydroxylation is 1. The molecular weight excluding hydrogens is 410 g/mol. The smallest absolute Gasteiger partial charge is 0.264 e. The number of rotatable bonds is 7. The molecule has 9 heteroatoms. The number of carbonyl (C=O) groups excluding carboxylic acids is 2. The van der Waals surface area contributed by atoms with Crippen molar-refractivity contribution >= 4 is 17.7 Å². The standard InChI is InChI=1S/C23H21N5O4/c1-14-19(15(2)28(26-14)16-9-5-3-6-10-16)21-20(22(24)30)23(32-27-21)25-18(29)13-31-17-11-7-4-8-12-17/h3-12H,13H2,1-2H3,(H2,24,30)(H,25,29). The molecule has 32 heavy (non-hydrogen) atoms. The second kappa shape index (κ2) is 8.76. The first-order chi connectivity index (χ1) is 15.5. The summed E-state index contributed by atoms with van der Waals surface area (Å²) in [5.41, 5.74) is 8.63. The Hall–Kier alpha value is -4.40. The van der Waals surface area contributed by atoms with Crippen LogP contribution in [0.1, 0.15) is 21.7 Å². The highest BCUT2D eigenvalue weighted by molar-refractivity contribution is 6.06. The lowest BCUT2D eigenvalue weighted by Crippen LogP contribution is -2.22. The maximum absolute atomic E-state index is 12.3. The molecule has 2 heterocycles. The van der Waals surface area contributed by atoms with Crippen molar-refractivity contribution in [2.45, 2.75) is 13.8 Å². The van der Waals surface area contributed by atoms with Crippen LogP contribution >= 0.6 is 0 Å². The van der Waals surface area contributed by atoms with Gasteiger partial charge in [-0.3, -0.25) is 14.9 Å². The Morgan fingerprint density at radius 3 is 2.38 bits per heavy atom. The van der Waals surface area contributed by atoms with Gasteiger partial charge in [0.25, 0.3) is 11.8 Å². The van der Waals surface area contributed by atoms with E-state index in [4.69, 9.17) is 15.0 Å². The summed E-state index contributed by atoms with van der Waals surface area (Å²) < 4.78 is 12.4. The maximum atomic E-state index is 12.3. The summed E-state index contributed by atoms with van der Waals surface area (Å²) in [5.74, 6) is -0.907. The van der Waals surface area contributed by atoms with Crippen LogP contribution in [0.25, 0.3) is 16.9 Å². The van der Waals surface area contributed by atoms with Crippen LogP contribution in [0.4, 0.5) is 5.88 Å². The number of para-hydroxylation sites is 2. The average Bonchev–Trinajstić information content (AvgIpc) is 3.33. The van der Waals surface area contributed by atoms with Crippen LogP contribution < -0.4 is 15.8 Å². The lowest BCUT2D eigenvalue weighted by Gasteiger charge is -2.06. The van der Waals surface area contributed by atoms with E-state index < -0.39 is 11.8 Å². The highest BCUT2D eigenvalue weighted by Gasteiger charge is 2.28. The normalized spacial score (nSPS) is 10.7. The van der Waals surface area contributed by atoms with Gasteiger partial charge in [-0.1, -0.05) is 41.6 Å². The zero-order valence-corrected chi connectivity index (χ0v) is 17.5. The number of hydrogen-bond donors (Lipinski definition) is 2. The molecule has 0 saturated carbocycles. The van der Waals surface area contributed by atoms with Gasteiger partial charge in [0.1, 0.15) is 17.0 Å². The molecule has 4 aromatic rings. The Balaban J connectivity index is 1.62. The fourth-order valence-electron chi connectivity index (χ4n) is 3.41. The fraction of sp³-hybridized carbons (Fsp3) is 0.130. The first kappa shape index (κ1) is 20.9. The molecule has 3 N–H and O–H groups in total. The molecule has 0 bridgehead atoms. The molecule has 4 rings (SSSR count). The van der Waals surface area contributed by atoms with Crippen molar-refractivity contribution in [3.05, 3.63) is 77.6 Å². The molecule has 2 aromatic heterocycles. The predicted molar refractivity (Wildman–Crippen MR) is 118 cm³/mol. The van der Waals surface area contributed by atoms with E-state index >= 15 is 0 Å². The fourth-order valence-corrected chi connectivity index (χ4v) is 3.41. The summed E-state index contributed by atoms with van der Waals surface area (Å²) in [6.45, 7) is 3.38. The van der Waals surface area contributed by atoms with Crippen molar-refractivity contribution in [3.63, 3.8) is 0 Å². The van der Waals surface area contributed by atoms with Crippen LogP contribution in [0.2, 0.25) is 0 Å². The molecule has 0 spiro atoms. The number of amides is 2. The Morgan fingerprint density at radius 1 is 1.06 bits per heavy atom. The largest absolute Gasteiger partial charge is 0.484 e. The lowest BCUT2D eigenvalue weighted by molar-refractivity contribution is -0.118. The lowest BCUT2D eigenvalue weighted by atomic mass is 10.1. The van der Waals surface area contributed by atoms with E-state index in [-0.39, 0.29) is 23.7 Å². The summed E-state index contributed by atoms with van der Waals surface area (Å²) in [5, 5.41) is 11.1. The monoisotopic (exact) mass is 431 g/mol. The molecular formula is C23H21N5O4. The summed E-state index contributed by atoms with van der Waals surface area (Å²) in [4.78, 5) is 24.6. The molecule has 9 nitrogen and oxygen atoms in total. The molecule has 0 radical (unpaired) electrons. The first-order valence-electron chi connectivity index (χ1n) is 9.85. The molecule has 162 valence electrons.